The molecule has 2 fully saturated rings. The van der Waals surface area contributed by atoms with Crippen LogP contribution in [0, 0.1) is 11.7 Å². The Kier molecular flexibility index (Phi) is 3.08. The normalized spacial score (nSPS) is 26.1. The van der Waals surface area contributed by atoms with Crippen LogP contribution >= 0.6 is 15.9 Å². The van der Waals surface area contributed by atoms with Crippen LogP contribution in [0.15, 0.2) is 22.7 Å². The molecule has 20 heavy (non-hydrogen) atoms. The molecule has 6 heteroatoms. The van der Waals surface area contributed by atoms with E-state index in [4.69, 9.17) is 0 Å². The molecule has 0 spiro atoms. The van der Waals surface area contributed by atoms with E-state index in [2.05, 4.69) is 21.2 Å². The van der Waals surface area contributed by atoms with Gasteiger partial charge in [-0.3, -0.25) is 9.69 Å². The molecule has 3 amide bonds. The molecular formula is C14H14BrFN2O2. The highest BCUT2D eigenvalue weighted by molar-refractivity contribution is 9.10. The lowest BCUT2D eigenvalue weighted by atomic mass is 9.96. The minimum absolute atomic E-state index is 0.0434. The van der Waals surface area contributed by atoms with Crippen LogP contribution in [-0.2, 0) is 11.3 Å². The lowest BCUT2D eigenvalue weighted by Crippen LogP contribution is -2.46. The van der Waals surface area contributed by atoms with Crippen molar-refractivity contribution < 1.29 is 14.0 Å². The van der Waals surface area contributed by atoms with Crippen LogP contribution in [0.5, 0.6) is 0 Å². The third-order valence-corrected chi connectivity index (χ3v) is 4.52. The number of benzene rings is 1. The maximum absolute atomic E-state index is 13.8. The minimum atomic E-state index is -0.820. The Labute approximate surface area is 124 Å². The van der Waals surface area contributed by atoms with Crippen LogP contribution in [0.25, 0.3) is 0 Å². The Morgan fingerprint density at radius 1 is 1.45 bits per heavy atom. The van der Waals surface area contributed by atoms with Crippen molar-refractivity contribution in [1.29, 1.82) is 0 Å². The zero-order valence-electron chi connectivity index (χ0n) is 11.0. The highest BCUT2D eigenvalue weighted by Crippen LogP contribution is 2.42. The maximum atomic E-state index is 13.8. The number of carbonyl (C=O) groups is 2. The summed E-state index contributed by atoms with van der Waals surface area (Å²) in [6.07, 6.45) is 1.89. The van der Waals surface area contributed by atoms with Gasteiger partial charge >= 0.3 is 6.03 Å². The van der Waals surface area contributed by atoms with Crippen molar-refractivity contribution in [2.45, 2.75) is 31.8 Å². The molecule has 2 aliphatic rings. The summed E-state index contributed by atoms with van der Waals surface area (Å²) in [5, 5.41) is 2.75. The van der Waals surface area contributed by atoms with Gasteiger partial charge in [-0.25, -0.2) is 9.18 Å². The summed E-state index contributed by atoms with van der Waals surface area (Å²) in [6.45, 7) is 1.71. The number of imide groups is 1. The van der Waals surface area contributed by atoms with Crippen LogP contribution in [0.1, 0.15) is 25.3 Å². The van der Waals surface area contributed by atoms with Crippen molar-refractivity contribution in [2.24, 2.45) is 5.92 Å². The molecular weight excluding hydrogens is 327 g/mol. The first kappa shape index (κ1) is 13.5. The Morgan fingerprint density at radius 2 is 2.15 bits per heavy atom. The highest BCUT2D eigenvalue weighted by atomic mass is 79.9. The number of hydrogen-bond donors (Lipinski definition) is 1. The van der Waals surface area contributed by atoms with Gasteiger partial charge in [0.25, 0.3) is 5.91 Å². The topological polar surface area (TPSA) is 49.4 Å². The molecule has 0 unspecified atom stereocenters. The standard InChI is InChI=1S/C14H14BrFN2O2/c1-14(9-2-3-9)12(19)18(13(20)17-14)7-8-6-10(15)4-5-11(8)16/h4-6,9H,2-3,7H2,1H3,(H,17,20)/t14-/m0/s1. The molecule has 1 atom stereocenters. The number of rotatable bonds is 3. The zero-order chi connectivity index (χ0) is 14.5. The quantitative estimate of drug-likeness (QED) is 0.860. The summed E-state index contributed by atoms with van der Waals surface area (Å²) < 4.78 is 14.5. The predicted octanol–water partition coefficient (Wildman–Crippen LogP) is 2.81. The van der Waals surface area contributed by atoms with Gasteiger partial charge in [0.2, 0.25) is 0 Å². The molecule has 4 nitrogen and oxygen atoms in total. The van der Waals surface area contributed by atoms with Gasteiger partial charge < -0.3 is 5.32 Å². The number of nitrogens with one attached hydrogen (secondary N) is 1. The fourth-order valence-electron chi connectivity index (χ4n) is 2.63. The molecule has 0 bridgehead atoms. The monoisotopic (exact) mass is 340 g/mol. The van der Waals surface area contributed by atoms with Crippen molar-refractivity contribution in [3.8, 4) is 0 Å². The predicted molar refractivity (Wildman–Crippen MR) is 74.3 cm³/mol. The van der Waals surface area contributed by atoms with E-state index >= 15 is 0 Å². The van der Waals surface area contributed by atoms with Gasteiger partial charge in [0.05, 0.1) is 6.54 Å². The second kappa shape index (κ2) is 4.55. The van der Waals surface area contributed by atoms with Gasteiger partial charge in [-0.1, -0.05) is 15.9 Å². The van der Waals surface area contributed by atoms with E-state index in [1.165, 1.54) is 6.07 Å². The molecule has 1 aromatic carbocycles. The number of hydrogen-bond acceptors (Lipinski definition) is 2. The molecule has 1 aromatic rings. The zero-order valence-corrected chi connectivity index (χ0v) is 12.5. The van der Waals surface area contributed by atoms with Crippen LogP contribution in [-0.4, -0.2) is 22.4 Å². The van der Waals surface area contributed by atoms with E-state index in [1.54, 1.807) is 19.1 Å². The summed E-state index contributed by atoms with van der Waals surface area (Å²) in [5.74, 6) is -0.477. The third-order valence-electron chi connectivity index (χ3n) is 4.03. The van der Waals surface area contributed by atoms with E-state index in [0.29, 0.717) is 10.0 Å². The Bertz CT molecular complexity index is 603. The first-order chi connectivity index (χ1) is 9.41. The maximum Gasteiger partial charge on any atom is 0.325 e. The second-order valence-electron chi connectivity index (χ2n) is 5.53. The molecule has 1 saturated carbocycles. The van der Waals surface area contributed by atoms with E-state index in [-0.39, 0.29) is 18.4 Å². The summed E-state index contributed by atoms with van der Waals surface area (Å²) in [5.41, 5.74) is -0.498. The second-order valence-corrected chi connectivity index (χ2v) is 6.45. The fourth-order valence-corrected chi connectivity index (χ4v) is 3.04. The molecule has 1 N–H and O–H groups in total. The van der Waals surface area contributed by atoms with E-state index in [1.807, 2.05) is 0 Å². The Morgan fingerprint density at radius 3 is 2.80 bits per heavy atom. The summed E-state index contributed by atoms with van der Waals surface area (Å²) in [4.78, 5) is 25.5. The van der Waals surface area contributed by atoms with Crippen molar-refractivity contribution in [1.82, 2.24) is 10.2 Å². The van der Waals surface area contributed by atoms with Crippen molar-refractivity contribution in [3.63, 3.8) is 0 Å². The van der Waals surface area contributed by atoms with Crippen molar-refractivity contribution in [2.75, 3.05) is 0 Å². The molecule has 0 aromatic heterocycles. The van der Waals surface area contributed by atoms with Crippen LogP contribution in [0.2, 0.25) is 0 Å². The minimum Gasteiger partial charge on any atom is -0.323 e. The first-order valence-electron chi connectivity index (χ1n) is 6.50. The Hall–Kier alpha value is -1.43. The molecule has 0 radical (unpaired) electrons. The lowest BCUT2D eigenvalue weighted by molar-refractivity contribution is -0.131. The fraction of sp³-hybridized carbons (Fsp3) is 0.429. The molecule has 3 rings (SSSR count). The highest BCUT2D eigenvalue weighted by Gasteiger charge is 2.55. The number of halogens is 2. The van der Waals surface area contributed by atoms with Crippen molar-refractivity contribution >= 4 is 27.9 Å². The van der Waals surface area contributed by atoms with E-state index < -0.39 is 17.4 Å². The number of urea groups is 1. The van der Waals surface area contributed by atoms with Gasteiger partial charge in [0.15, 0.2) is 0 Å². The number of nitrogens with zero attached hydrogens (tertiary/aromatic N) is 1. The van der Waals surface area contributed by atoms with Crippen molar-refractivity contribution in [3.05, 3.63) is 34.1 Å². The average Bonchev–Trinajstić information content (AvgIpc) is 3.20. The summed E-state index contributed by atoms with van der Waals surface area (Å²) in [6, 6.07) is 4.04. The van der Waals surface area contributed by atoms with E-state index in [0.717, 1.165) is 17.7 Å². The first-order valence-corrected chi connectivity index (χ1v) is 7.29. The molecule has 1 saturated heterocycles. The molecule has 1 aliphatic carbocycles. The van der Waals surface area contributed by atoms with Gasteiger partial charge in [-0.05, 0) is 43.9 Å². The van der Waals surface area contributed by atoms with Gasteiger partial charge in [0.1, 0.15) is 11.4 Å². The largest absolute Gasteiger partial charge is 0.325 e. The van der Waals surface area contributed by atoms with Gasteiger partial charge in [0, 0.05) is 10.0 Å². The van der Waals surface area contributed by atoms with Gasteiger partial charge in [-0.2, -0.15) is 0 Å². The molecule has 1 aliphatic heterocycles. The van der Waals surface area contributed by atoms with Crippen LogP contribution in [0.3, 0.4) is 0 Å². The molecule has 106 valence electrons. The lowest BCUT2D eigenvalue weighted by Gasteiger charge is -2.21. The smallest absolute Gasteiger partial charge is 0.323 e. The molecule has 1 heterocycles. The summed E-state index contributed by atoms with van der Waals surface area (Å²) in [7, 11) is 0. The number of carbonyl (C=O) groups excluding carboxylic acids is 2. The van der Waals surface area contributed by atoms with Crippen LogP contribution in [0.4, 0.5) is 9.18 Å². The third kappa shape index (κ3) is 2.12. The Balaban J connectivity index is 1.85. The van der Waals surface area contributed by atoms with Gasteiger partial charge in [-0.15, -0.1) is 0 Å². The number of amides is 3. The van der Waals surface area contributed by atoms with E-state index in [9.17, 15) is 14.0 Å². The van der Waals surface area contributed by atoms with Crippen LogP contribution < -0.4 is 5.32 Å². The SMILES string of the molecule is C[C@@]1(C2CC2)NC(=O)N(Cc2cc(Br)ccc2F)C1=O. The summed E-state index contributed by atoms with van der Waals surface area (Å²) >= 11 is 3.26. The average molecular weight is 341 g/mol.